The van der Waals surface area contributed by atoms with Crippen molar-refractivity contribution in [3.63, 3.8) is 0 Å². The molecule has 0 saturated carbocycles. The zero-order valence-electron chi connectivity index (χ0n) is 18.3. The van der Waals surface area contributed by atoms with Gasteiger partial charge in [0.25, 0.3) is 0 Å². The van der Waals surface area contributed by atoms with Crippen molar-refractivity contribution in [3.05, 3.63) is 51.6 Å². The lowest BCUT2D eigenvalue weighted by atomic mass is 10.1. The highest BCUT2D eigenvalue weighted by molar-refractivity contribution is 7.09. The summed E-state index contributed by atoms with van der Waals surface area (Å²) in [5.41, 5.74) is 2.36. The lowest BCUT2D eigenvalue weighted by Crippen LogP contribution is -2.58. The normalized spacial score (nSPS) is 18.2. The number of hydrogen-bond donors (Lipinski definition) is 0. The van der Waals surface area contributed by atoms with Crippen LogP contribution in [0.4, 0.5) is 13.6 Å². The molecule has 2 aliphatic heterocycles. The summed E-state index contributed by atoms with van der Waals surface area (Å²) >= 11 is 1.53. The number of ether oxygens (including phenoxy) is 1. The highest BCUT2D eigenvalue weighted by Crippen LogP contribution is 2.34. The predicted molar refractivity (Wildman–Crippen MR) is 119 cm³/mol. The molecule has 2 aliphatic rings. The monoisotopic (exact) mass is 472 g/mol. The molecule has 0 aliphatic carbocycles. The van der Waals surface area contributed by atoms with E-state index in [1.165, 1.54) is 27.1 Å². The molecule has 2 aromatic heterocycles. The van der Waals surface area contributed by atoms with E-state index < -0.39 is 17.7 Å². The fourth-order valence-electron chi connectivity index (χ4n) is 4.11. The van der Waals surface area contributed by atoms with Crippen LogP contribution in [0.15, 0.2) is 28.8 Å². The summed E-state index contributed by atoms with van der Waals surface area (Å²) in [4.78, 5) is 19.0. The second-order valence-corrected chi connectivity index (χ2v) is 9.24. The van der Waals surface area contributed by atoms with Crippen LogP contribution in [0.2, 0.25) is 0 Å². The Labute approximate surface area is 193 Å². The van der Waals surface area contributed by atoms with Gasteiger partial charge in [0.2, 0.25) is 0 Å². The van der Waals surface area contributed by atoms with Gasteiger partial charge in [0.1, 0.15) is 18.0 Å². The van der Waals surface area contributed by atoms with Gasteiger partial charge in [-0.25, -0.2) is 23.6 Å². The molecular formula is C22H22F2N6O2S. The predicted octanol–water partition coefficient (Wildman–Crippen LogP) is 4.05. The minimum Gasteiger partial charge on any atom is -0.484 e. The van der Waals surface area contributed by atoms with Gasteiger partial charge in [0.15, 0.2) is 11.6 Å². The molecule has 1 unspecified atom stereocenters. The smallest absolute Gasteiger partial charge is 0.341 e. The zero-order valence-corrected chi connectivity index (χ0v) is 19.1. The summed E-state index contributed by atoms with van der Waals surface area (Å²) in [5.74, 6) is -1.53. The number of urea groups is 1. The number of aromatic nitrogens is 3. The van der Waals surface area contributed by atoms with Gasteiger partial charge >= 0.3 is 6.03 Å². The van der Waals surface area contributed by atoms with Crippen LogP contribution in [0.25, 0.3) is 11.3 Å². The van der Waals surface area contributed by atoms with Gasteiger partial charge in [0.05, 0.1) is 35.7 Å². The number of amides is 2. The number of hydrazone groups is 1. The van der Waals surface area contributed by atoms with Gasteiger partial charge in [-0.05, 0) is 25.5 Å². The molecule has 0 radical (unpaired) electrons. The number of likely N-dealkylation sites (tertiary alicyclic amines) is 1. The highest BCUT2D eigenvalue weighted by Gasteiger charge is 2.39. The Bertz CT molecular complexity index is 1230. The molecule has 2 amide bonds. The van der Waals surface area contributed by atoms with Gasteiger partial charge < -0.3 is 9.64 Å². The van der Waals surface area contributed by atoms with Gasteiger partial charge in [-0.15, -0.1) is 11.3 Å². The topological polar surface area (TPSA) is 75.8 Å². The Balaban J connectivity index is 1.26. The van der Waals surface area contributed by atoms with E-state index in [-0.39, 0.29) is 36.5 Å². The molecule has 5 rings (SSSR count). The van der Waals surface area contributed by atoms with E-state index in [2.05, 4.69) is 15.2 Å². The van der Waals surface area contributed by atoms with Gasteiger partial charge in [-0.1, -0.05) is 0 Å². The number of carbonyl (C=O) groups is 1. The Morgan fingerprint density at radius 1 is 1.21 bits per heavy atom. The zero-order chi connectivity index (χ0) is 23.3. The molecule has 0 N–H and O–H groups in total. The van der Waals surface area contributed by atoms with Crippen LogP contribution in [-0.4, -0.2) is 56.1 Å². The van der Waals surface area contributed by atoms with Crippen molar-refractivity contribution in [1.29, 1.82) is 0 Å². The maximum absolute atomic E-state index is 14.5. The van der Waals surface area contributed by atoms with Crippen LogP contribution in [0.5, 0.6) is 5.75 Å². The first-order valence-corrected chi connectivity index (χ1v) is 11.4. The lowest BCUT2D eigenvalue weighted by Gasteiger charge is -2.40. The van der Waals surface area contributed by atoms with E-state index in [0.717, 1.165) is 22.3 Å². The number of benzene rings is 1. The molecule has 3 aromatic rings. The molecule has 1 saturated heterocycles. The quantitative estimate of drug-likeness (QED) is 0.574. The molecule has 33 heavy (non-hydrogen) atoms. The number of carbonyl (C=O) groups excluding carboxylic acids is 1. The third kappa shape index (κ3) is 3.86. The summed E-state index contributed by atoms with van der Waals surface area (Å²) in [7, 11) is 1.70. The first kappa shape index (κ1) is 21.5. The second-order valence-electron chi connectivity index (χ2n) is 8.18. The molecule has 8 nitrogen and oxygen atoms in total. The van der Waals surface area contributed by atoms with E-state index in [1.807, 2.05) is 19.2 Å². The van der Waals surface area contributed by atoms with E-state index in [4.69, 9.17) is 4.74 Å². The number of rotatable bonds is 4. The van der Waals surface area contributed by atoms with Gasteiger partial charge in [0, 0.05) is 36.7 Å². The van der Waals surface area contributed by atoms with Crippen molar-refractivity contribution in [3.8, 4) is 17.0 Å². The first-order valence-electron chi connectivity index (χ1n) is 10.5. The van der Waals surface area contributed by atoms with Crippen molar-refractivity contribution >= 4 is 23.6 Å². The number of hydrogen-bond acceptors (Lipinski definition) is 6. The minimum atomic E-state index is -0.788. The second kappa shape index (κ2) is 8.22. The molecule has 11 heteroatoms. The van der Waals surface area contributed by atoms with E-state index >= 15 is 0 Å². The van der Waals surface area contributed by atoms with E-state index in [1.54, 1.807) is 24.4 Å². The third-order valence-electron chi connectivity index (χ3n) is 5.81. The van der Waals surface area contributed by atoms with Crippen LogP contribution >= 0.6 is 11.3 Å². The highest BCUT2D eigenvalue weighted by atomic mass is 32.1. The average molecular weight is 473 g/mol. The molecule has 0 bridgehead atoms. The third-order valence-corrected chi connectivity index (χ3v) is 6.61. The van der Waals surface area contributed by atoms with E-state index in [0.29, 0.717) is 12.1 Å². The van der Waals surface area contributed by atoms with Crippen LogP contribution in [0, 0.1) is 25.5 Å². The van der Waals surface area contributed by atoms with Crippen molar-refractivity contribution in [2.75, 3.05) is 13.1 Å². The Morgan fingerprint density at radius 2 is 2.00 bits per heavy atom. The van der Waals surface area contributed by atoms with Crippen LogP contribution in [0.3, 0.4) is 0 Å². The summed E-state index contributed by atoms with van der Waals surface area (Å²) in [6, 6.07) is 1.70. The number of nitrogens with zero attached hydrogens (tertiary/aromatic N) is 6. The molecule has 0 spiro atoms. The molecule has 4 heterocycles. The van der Waals surface area contributed by atoms with Crippen LogP contribution < -0.4 is 4.74 Å². The van der Waals surface area contributed by atoms with E-state index in [9.17, 15) is 13.6 Å². The largest absolute Gasteiger partial charge is 0.484 e. The van der Waals surface area contributed by atoms with Crippen LogP contribution in [-0.2, 0) is 7.05 Å². The number of halogens is 2. The molecule has 1 aromatic carbocycles. The molecule has 1 atom stereocenters. The minimum absolute atomic E-state index is 0.0564. The fourth-order valence-corrected chi connectivity index (χ4v) is 4.76. The summed E-state index contributed by atoms with van der Waals surface area (Å²) in [6.07, 6.45) is 3.54. The molecular weight excluding hydrogens is 450 g/mol. The van der Waals surface area contributed by atoms with Crippen LogP contribution in [0.1, 0.15) is 28.7 Å². The number of aryl methyl sites for hydroxylation is 3. The first-order chi connectivity index (χ1) is 15.8. The standard InChI is InChI=1S/C22H22F2N6O2S/c1-12-8-26-28(3)21(12)15-6-20(17(24)7-16(15)23)32-14-9-29(10-14)22(31)30-19(4-5-25-30)18-11-33-13(2)27-18/h5-8,11,14,19H,4,9-10H2,1-3H3. The summed E-state index contributed by atoms with van der Waals surface area (Å²) < 4.78 is 36.2. The lowest BCUT2D eigenvalue weighted by molar-refractivity contribution is 0.0255. The summed E-state index contributed by atoms with van der Waals surface area (Å²) in [6.45, 7) is 4.29. The Morgan fingerprint density at radius 3 is 2.67 bits per heavy atom. The van der Waals surface area contributed by atoms with Gasteiger partial charge in [-0.3, -0.25) is 4.68 Å². The van der Waals surface area contributed by atoms with Gasteiger partial charge in [-0.2, -0.15) is 10.2 Å². The maximum atomic E-state index is 14.5. The Hall–Kier alpha value is -3.34. The van der Waals surface area contributed by atoms with Crippen molar-refractivity contribution in [1.82, 2.24) is 24.7 Å². The average Bonchev–Trinajstić information content (AvgIpc) is 3.46. The fraction of sp³-hybridized carbons (Fsp3) is 0.364. The maximum Gasteiger partial charge on any atom is 0.341 e. The van der Waals surface area contributed by atoms with Crippen molar-refractivity contribution < 1.29 is 18.3 Å². The van der Waals surface area contributed by atoms with Crippen molar-refractivity contribution in [2.45, 2.75) is 32.4 Å². The summed E-state index contributed by atoms with van der Waals surface area (Å²) in [5, 5.41) is 12.7. The SMILES string of the molecule is Cc1nc(C2CC=NN2C(=O)N2CC(Oc3cc(-c4c(C)cnn4C)c(F)cc3F)C2)cs1. The number of thiazole rings is 1. The Kier molecular flexibility index (Phi) is 5.35. The molecule has 172 valence electrons. The molecule has 1 fully saturated rings. The van der Waals surface area contributed by atoms with Crippen molar-refractivity contribution in [2.24, 2.45) is 12.1 Å².